The molecule has 0 aliphatic heterocycles. The van der Waals surface area contributed by atoms with Crippen molar-refractivity contribution in [1.29, 1.82) is 0 Å². The van der Waals surface area contributed by atoms with E-state index in [2.05, 4.69) is 73.3 Å². The van der Waals surface area contributed by atoms with E-state index in [1.54, 1.807) is 0 Å². The molecule has 1 atom stereocenters. The lowest BCUT2D eigenvalue weighted by Crippen LogP contribution is -2.23. The zero-order valence-electron chi connectivity index (χ0n) is 10.7. The minimum atomic E-state index is 0.272. The summed E-state index contributed by atoms with van der Waals surface area (Å²) in [4.78, 5) is 4.45. The van der Waals surface area contributed by atoms with Gasteiger partial charge in [-0.15, -0.1) is 0 Å². The Bertz CT molecular complexity index is 526. The van der Waals surface area contributed by atoms with E-state index in [1.807, 2.05) is 18.3 Å². The molecule has 1 heterocycles. The van der Waals surface area contributed by atoms with E-state index in [0.717, 1.165) is 27.6 Å². The second-order valence-electron chi connectivity index (χ2n) is 4.30. The molecule has 1 unspecified atom stereocenters. The van der Waals surface area contributed by atoms with Crippen LogP contribution in [0.4, 0.5) is 0 Å². The molecule has 2 rings (SSSR count). The van der Waals surface area contributed by atoms with Crippen LogP contribution in [0.1, 0.15) is 24.2 Å². The fourth-order valence-electron chi connectivity index (χ4n) is 2.03. The van der Waals surface area contributed by atoms with Crippen molar-refractivity contribution in [3.05, 3.63) is 62.8 Å². The summed E-state index contributed by atoms with van der Waals surface area (Å²) in [5.41, 5.74) is 2.36. The highest BCUT2D eigenvalue weighted by Crippen LogP contribution is 2.25. The molecule has 0 spiro atoms. The Morgan fingerprint density at radius 3 is 2.58 bits per heavy atom. The number of nitrogens with zero attached hydrogens (tertiary/aromatic N) is 1. The van der Waals surface area contributed by atoms with Crippen LogP contribution in [0.25, 0.3) is 0 Å². The number of aromatic nitrogens is 1. The van der Waals surface area contributed by atoms with Gasteiger partial charge in [0, 0.05) is 33.3 Å². The number of hydrogen-bond acceptors (Lipinski definition) is 2. The van der Waals surface area contributed by atoms with E-state index < -0.39 is 0 Å². The summed E-state index contributed by atoms with van der Waals surface area (Å²) in [6.45, 7) is 3.06. The van der Waals surface area contributed by atoms with Crippen LogP contribution >= 0.6 is 31.9 Å². The Balaban J connectivity index is 2.21. The van der Waals surface area contributed by atoms with Gasteiger partial charge in [0.25, 0.3) is 0 Å². The van der Waals surface area contributed by atoms with E-state index in [4.69, 9.17) is 0 Å². The highest BCUT2D eigenvalue weighted by atomic mass is 79.9. The summed E-state index contributed by atoms with van der Waals surface area (Å²) in [5, 5.41) is 3.52. The Morgan fingerprint density at radius 1 is 1.16 bits per heavy atom. The number of likely N-dealkylation sites (N-methyl/N-ethyl adjacent to an activating group) is 1. The number of benzene rings is 1. The topological polar surface area (TPSA) is 24.9 Å². The van der Waals surface area contributed by atoms with Gasteiger partial charge in [-0.05, 0) is 46.2 Å². The first kappa shape index (κ1) is 14.7. The Hall–Kier alpha value is -0.710. The third-order valence-electron chi connectivity index (χ3n) is 2.93. The van der Waals surface area contributed by atoms with Crippen LogP contribution < -0.4 is 5.32 Å². The van der Waals surface area contributed by atoms with Crippen molar-refractivity contribution >= 4 is 31.9 Å². The van der Waals surface area contributed by atoms with Crippen LogP contribution in [0.2, 0.25) is 0 Å². The predicted molar refractivity (Wildman–Crippen MR) is 86.2 cm³/mol. The van der Waals surface area contributed by atoms with Crippen LogP contribution in [0.15, 0.2) is 51.5 Å². The van der Waals surface area contributed by atoms with Crippen LogP contribution in [0, 0.1) is 0 Å². The van der Waals surface area contributed by atoms with Crippen molar-refractivity contribution < 1.29 is 0 Å². The number of rotatable bonds is 5. The molecule has 2 nitrogen and oxygen atoms in total. The fraction of sp³-hybridized carbons (Fsp3) is 0.267. The normalized spacial score (nSPS) is 12.4. The molecule has 4 heteroatoms. The molecule has 19 heavy (non-hydrogen) atoms. The maximum atomic E-state index is 4.45. The maximum Gasteiger partial charge on any atom is 0.0423 e. The maximum absolute atomic E-state index is 4.45. The highest BCUT2D eigenvalue weighted by Gasteiger charge is 2.14. The van der Waals surface area contributed by atoms with Crippen molar-refractivity contribution in [3.8, 4) is 0 Å². The van der Waals surface area contributed by atoms with Crippen molar-refractivity contribution in [3.63, 3.8) is 0 Å². The second-order valence-corrected chi connectivity index (χ2v) is 6.07. The van der Waals surface area contributed by atoms with E-state index in [0.29, 0.717) is 0 Å². The first-order valence-corrected chi connectivity index (χ1v) is 7.87. The van der Waals surface area contributed by atoms with E-state index >= 15 is 0 Å². The number of nitrogens with one attached hydrogen (secondary N) is 1. The highest BCUT2D eigenvalue weighted by molar-refractivity contribution is 9.10. The van der Waals surface area contributed by atoms with E-state index in [1.165, 1.54) is 5.56 Å². The second kappa shape index (κ2) is 7.17. The van der Waals surface area contributed by atoms with Crippen LogP contribution in [0.5, 0.6) is 0 Å². The SMILES string of the molecule is CCNC(Cc1ccc(Br)cn1)c1ccccc1Br. The monoisotopic (exact) mass is 382 g/mol. The molecule has 0 amide bonds. The molecule has 0 saturated carbocycles. The van der Waals surface area contributed by atoms with Gasteiger partial charge in [0.15, 0.2) is 0 Å². The Morgan fingerprint density at radius 2 is 1.95 bits per heavy atom. The lowest BCUT2D eigenvalue weighted by molar-refractivity contribution is 0.542. The molecule has 0 saturated heterocycles. The number of halogens is 2. The molecule has 0 aliphatic carbocycles. The molecule has 100 valence electrons. The van der Waals surface area contributed by atoms with Gasteiger partial charge in [0.1, 0.15) is 0 Å². The van der Waals surface area contributed by atoms with Crippen molar-refractivity contribution in [2.24, 2.45) is 0 Å². The minimum absolute atomic E-state index is 0.272. The average Bonchev–Trinajstić information content (AvgIpc) is 2.41. The Labute approximate surface area is 130 Å². The summed E-state index contributed by atoms with van der Waals surface area (Å²) in [6.07, 6.45) is 2.72. The number of hydrogen-bond donors (Lipinski definition) is 1. The lowest BCUT2D eigenvalue weighted by Gasteiger charge is -2.19. The molecule has 0 radical (unpaired) electrons. The van der Waals surface area contributed by atoms with Crippen molar-refractivity contribution in [2.75, 3.05) is 6.54 Å². The molecular formula is C15H16Br2N2. The zero-order chi connectivity index (χ0) is 13.7. The van der Waals surface area contributed by atoms with Gasteiger partial charge in [-0.25, -0.2) is 0 Å². The van der Waals surface area contributed by atoms with Crippen LogP contribution in [-0.4, -0.2) is 11.5 Å². The van der Waals surface area contributed by atoms with Crippen molar-refractivity contribution in [2.45, 2.75) is 19.4 Å². The van der Waals surface area contributed by atoms with Gasteiger partial charge in [-0.3, -0.25) is 4.98 Å². The van der Waals surface area contributed by atoms with Gasteiger partial charge in [0.2, 0.25) is 0 Å². The van der Waals surface area contributed by atoms with Gasteiger partial charge < -0.3 is 5.32 Å². The smallest absolute Gasteiger partial charge is 0.0423 e. The molecular weight excluding hydrogens is 368 g/mol. The summed E-state index contributed by atoms with van der Waals surface area (Å²) in [6, 6.07) is 12.7. The average molecular weight is 384 g/mol. The molecule has 2 aromatic rings. The fourth-order valence-corrected chi connectivity index (χ4v) is 2.83. The molecule has 0 fully saturated rings. The van der Waals surface area contributed by atoms with E-state index in [-0.39, 0.29) is 6.04 Å². The van der Waals surface area contributed by atoms with Gasteiger partial charge in [0.05, 0.1) is 0 Å². The molecule has 0 bridgehead atoms. The standard InChI is InChI=1S/C15H16Br2N2/c1-2-18-15(13-5-3-4-6-14(13)17)9-12-8-7-11(16)10-19-12/h3-8,10,15,18H,2,9H2,1H3. The van der Waals surface area contributed by atoms with Gasteiger partial charge in [-0.2, -0.15) is 0 Å². The van der Waals surface area contributed by atoms with E-state index in [9.17, 15) is 0 Å². The number of pyridine rings is 1. The van der Waals surface area contributed by atoms with Gasteiger partial charge >= 0.3 is 0 Å². The largest absolute Gasteiger partial charge is 0.310 e. The first-order valence-electron chi connectivity index (χ1n) is 6.29. The minimum Gasteiger partial charge on any atom is -0.310 e. The quantitative estimate of drug-likeness (QED) is 0.822. The summed E-state index contributed by atoms with van der Waals surface area (Å²) in [5.74, 6) is 0. The van der Waals surface area contributed by atoms with Gasteiger partial charge in [-0.1, -0.05) is 41.1 Å². The molecule has 1 aromatic carbocycles. The molecule has 1 aromatic heterocycles. The predicted octanol–water partition coefficient (Wildman–Crippen LogP) is 4.50. The third-order valence-corrected chi connectivity index (χ3v) is 4.12. The lowest BCUT2D eigenvalue weighted by atomic mass is 10.0. The molecule has 0 aliphatic rings. The Kier molecular flexibility index (Phi) is 5.55. The summed E-state index contributed by atoms with van der Waals surface area (Å²) < 4.78 is 2.15. The zero-order valence-corrected chi connectivity index (χ0v) is 13.9. The first-order chi connectivity index (χ1) is 9.20. The summed E-state index contributed by atoms with van der Waals surface area (Å²) >= 11 is 7.04. The van der Waals surface area contributed by atoms with Crippen LogP contribution in [-0.2, 0) is 6.42 Å². The van der Waals surface area contributed by atoms with Crippen molar-refractivity contribution in [1.82, 2.24) is 10.3 Å². The third kappa shape index (κ3) is 4.13. The molecule has 1 N–H and O–H groups in total. The summed E-state index contributed by atoms with van der Waals surface area (Å²) in [7, 11) is 0. The van der Waals surface area contributed by atoms with Crippen LogP contribution in [0.3, 0.4) is 0 Å².